The average Bonchev–Trinajstić information content (AvgIpc) is 2.86. The van der Waals surface area contributed by atoms with E-state index in [0.717, 1.165) is 4.88 Å². The zero-order valence-corrected chi connectivity index (χ0v) is 11.4. The topological polar surface area (TPSA) is 50.7 Å². The van der Waals surface area contributed by atoms with Crippen LogP contribution in [0, 0.1) is 0 Å². The Balaban J connectivity index is 1.89. The number of alkyl halides is 2. The maximum atomic E-state index is 11.7. The molecule has 1 aromatic rings. The number of hydrogen-bond donors (Lipinski definition) is 2. The van der Waals surface area contributed by atoms with E-state index >= 15 is 0 Å². The van der Waals surface area contributed by atoms with Gasteiger partial charge in [0.05, 0.1) is 25.9 Å². The minimum atomic E-state index is -2.43. The standard InChI is InChI=1S/C12H19F2NO3S/c13-12(14)9-17-4-3-15-6-10(16)7-18-8-11-2-1-5-19-11/h1-2,5,10,12,15-16H,3-4,6-9H2. The van der Waals surface area contributed by atoms with E-state index in [2.05, 4.69) is 10.1 Å². The van der Waals surface area contributed by atoms with Gasteiger partial charge in [0.1, 0.15) is 6.61 Å². The quantitative estimate of drug-likeness (QED) is 0.607. The van der Waals surface area contributed by atoms with E-state index in [9.17, 15) is 13.9 Å². The van der Waals surface area contributed by atoms with Crippen LogP contribution in [-0.2, 0) is 16.1 Å². The lowest BCUT2D eigenvalue weighted by Crippen LogP contribution is -2.32. The molecule has 0 aliphatic heterocycles. The van der Waals surface area contributed by atoms with Crippen molar-refractivity contribution >= 4 is 11.3 Å². The maximum absolute atomic E-state index is 11.7. The molecule has 1 unspecified atom stereocenters. The first-order chi connectivity index (χ1) is 9.18. The lowest BCUT2D eigenvalue weighted by atomic mass is 10.4. The molecular formula is C12H19F2NO3S. The molecule has 0 bridgehead atoms. The van der Waals surface area contributed by atoms with E-state index in [1.54, 1.807) is 11.3 Å². The summed E-state index contributed by atoms with van der Waals surface area (Å²) in [5.41, 5.74) is 0. The van der Waals surface area contributed by atoms with Gasteiger partial charge in [0, 0.05) is 18.0 Å². The van der Waals surface area contributed by atoms with Gasteiger partial charge in [0.2, 0.25) is 0 Å². The Morgan fingerprint density at radius 2 is 2.16 bits per heavy atom. The first kappa shape index (κ1) is 16.5. The van der Waals surface area contributed by atoms with Gasteiger partial charge >= 0.3 is 0 Å². The van der Waals surface area contributed by atoms with Crippen LogP contribution < -0.4 is 5.32 Å². The summed E-state index contributed by atoms with van der Waals surface area (Å²) in [6, 6.07) is 3.91. The minimum absolute atomic E-state index is 0.202. The minimum Gasteiger partial charge on any atom is -0.389 e. The van der Waals surface area contributed by atoms with Crippen LogP contribution in [0.5, 0.6) is 0 Å². The van der Waals surface area contributed by atoms with Gasteiger partial charge in [-0.25, -0.2) is 8.78 Å². The maximum Gasteiger partial charge on any atom is 0.261 e. The van der Waals surface area contributed by atoms with Crippen molar-refractivity contribution in [3.05, 3.63) is 22.4 Å². The summed E-state index contributed by atoms with van der Waals surface area (Å²) >= 11 is 1.60. The monoisotopic (exact) mass is 295 g/mol. The Morgan fingerprint density at radius 3 is 2.84 bits per heavy atom. The van der Waals surface area contributed by atoms with Crippen molar-refractivity contribution in [1.29, 1.82) is 0 Å². The van der Waals surface area contributed by atoms with Crippen LogP contribution in [0.3, 0.4) is 0 Å². The van der Waals surface area contributed by atoms with E-state index in [-0.39, 0.29) is 13.2 Å². The van der Waals surface area contributed by atoms with Crippen LogP contribution in [0.4, 0.5) is 8.78 Å². The van der Waals surface area contributed by atoms with Crippen molar-refractivity contribution in [1.82, 2.24) is 5.32 Å². The molecule has 7 heteroatoms. The predicted molar refractivity (Wildman–Crippen MR) is 69.7 cm³/mol. The predicted octanol–water partition coefficient (Wildman–Crippen LogP) is 1.50. The zero-order valence-electron chi connectivity index (χ0n) is 10.6. The molecule has 0 fully saturated rings. The molecule has 19 heavy (non-hydrogen) atoms. The SMILES string of the molecule is OC(CNCCOCC(F)F)COCc1cccs1. The van der Waals surface area contributed by atoms with E-state index in [0.29, 0.717) is 19.7 Å². The first-order valence-corrected chi connectivity index (χ1v) is 6.91. The normalized spacial score (nSPS) is 13.1. The largest absolute Gasteiger partial charge is 0.389 e. The molecule has 1 atom stereocenters. The molecule has 1 heterocycles. The molecule has 0 aliphatic rings. The molecule has 0 aliphatic carbocycles. The van der Waals surface area contributed by atoms with Crippen LogP contribution in [0.25, 0.3) is 0 Å². The van der Waals surface area contributed by atoms with Crippen LogP contribution >= 0.6 is 11.3 Å². The Hall–Kier alpha value is -0.600. The summed E-state index contributed by atoms with van der Waals surface area (Å²) in [4.78, 5) is 1.11. The first-order valence-electron chi connectivity index (χ1n) is 6.03. The van der Waals surface area contributed by atoms with Crippen LogP contribution in [-0.4, -0.2) is 50.5 Å². The molecule has 0 radical (unpaired) electrons. The number of aliphatic hydroxyl groups is 1. The Kier molecular flexibility index (Phi) is 8.85. The summed E-state index contributed by atoms with van der Waals surface area (Å²) in [6.45, 7) is 1.16. The highest BCUT2D eigenvalue weighted by molar-refractivity contribution is 7.09. The summed E-state index contributed by atoms with van der Waals surface area (Å²) < 4.78 is 33.5. The number of thiophene rings is 1. The molecule has 110 valence electrons. The molecular weight excluding hydrogens is 276 g/mol. The fraction of sp³-hybridized carbons (Fsp3) is 0.667. The lowest BCUT2D eigenvalue weighted by molar-refractivity contribution is 0.0140. The third-order valence-electron chi connectivity index (χ3n) is 2.18. The Labute approximate surface area is 115 Å². The van der Waals surface area contributed by atoms with E-state index < -0.39 is 19.1 Å². The molecule has 0 saturated carbocycles. The van der Waals surface area contributed by atoms with Gasteiger partial charge in [-0.05, 0) is 11.4 Å². The molecule has 4 nitrogen and oxygen atoms in total. The Morgan fingerprint density at radius 1 is 1.32 bits per heavy atom. The van der Waals surface area contributed by atoms with Crippen LogP contribution in [0.1, 0.15) is 4.88 Å². The van der Waals surface area contributed by atoms with Crippen LogP contribution in [0.2, 0.25) is 0 Å². The molecule has 2 N–H and O–H groups in total. The van der Waals surface area contributed by atoms with Crippen LogP contribution in [0.15, 0.2) is 17.5 Å². The smallest absolute Gasteiger partial charge is 0.261 e. The molecule has 0 aromatic carbocycles. The molecule has 1 rings (SSSR count). The van der Waals surface area contributed by atoms with Gasteiger partial charge < -0.3 is 19.9 Å². The second-order valence-corrected chi connectivity index (χ2v) is 4.95. The zero-order chi connectivity index (χ0) is 13.9. The van der Waals surface area contributed by atoms with Crippen molar-refractivity contribution in [3.8, 4) is 0 Å². The van der Waals surface area contributed by atoms with Crippen molar-refractivity contribution < 1.29 is 23.4 Å². The highest BCUT2D eigenvalue weighted by atomic mass is 32.1. The van der Waals surface area contributed by atoms with Crippen molar-refractivity contribution in [2.45, 2.75) is 19.1 Å². The number of halogens is 2. The third-order valence-corrected chi connectivity index (χ3v) is 3.03. The summed E-state index contributed by atoms with van der Waals surface area (Å²) in [6.07, 6.45) is -3.05. The van der Waals surface area contributed by atoms with Gasteiger partial charge in [-0.3, -0.25) is 0 Å². The lowest BCUT2D eigenvalue weighted by Gasteiger charge is -2.12. The summed E-state index contributed by atoms with van der Waals surface area (Å²) in [7, 11) is 0. The molecule has 0 amide bonds. The molecule has 0 saturated heterocycles. The van der Waals surface area contributed by atoms with E-state index in [1.807, 2.05) is 17.5 Å². The second-order valence-electron chi connectivity index (χ2n) is 3.92. The number of aliphatic hydroxyl groups excluding tert-OH is 1. The summed E-state index contributed by atoms with van der Waals surface area (Å²) in [5.74, 6) is 0. The highest BCUT2D eigenvalue weighted by Gasteiger charge is 2.05. The Bertz CT molecular complexity index is 312. The van der Waals surface area contributed by atoms with Crippen molar-refractivity contribution in [2.24, 2.45) is 0 Å². The number of nitrogens with one attached hydrogen (secondary N) is 1. The average molecular weight is 295 g/mol. The van der Waals surface area contributed by atoms with Gasteiger partial charge in [-0.15, -0.1) is 11.3 Å². The number of hydrogen-bond acceptors (Lipinski definition) is 5. The summed E-state index contributed by atoms with van der Waals surface area (Å²) in [5, 5.41) is 14.5. The molecule has 1 aromatic heterocycles. The third kappa shape index (κ3) is 9.01. The van der Waals surface area contributed by atoms with Crippen molar-refractivity contribution in [3.63, 3.8) is 0 Å². The van der Waals surface area contributed by atoms with Crippen molar-refractivity contribution in [2.75, 3.05) is 32.9 Å². The van der Waals surface area contributed by atoms with Gasteiger partial charge in [-0.1, -0.05) is 6.07 Å². The highest BCUT2D eigenvalue weighted by Crippen LogP contribution is 2.09. The van der Waals surface area contributed by atoms with E-state index in [1.165, 1.54) is 0 Å². The number of ether oxygens (including phenoxy) is 2. The fourth-order valence-corrected chi connectivity index (χ4v) is 1.98. The van der Waals surface area contributed by atoms with Gasteiger partial charge in [0.15, 0.2) is 0 Å². The van der Waals surface area contributed by atoms with Gasteiger partial charge in [-0.2, -0.15) is 0 Å². The fourth-order valence-electron chi connectivity index (χ4n) is 1.33. The second kappa shape index (κ2) is 10.2. The number of rotatable bonds is 11. The van der Waals surface area contributed by atoms with Gasteiger partial charge in [0.25, 0.3) is 6.43 Å². The molecule has 0 spiro atoms. The van der Waals surface area contributed by atoms with E-state index in [4.69, 9.17) is 4.74 Å².